The maximum atomic E-state index is 13.9. The number of hydrogen-bond acceptors (Lipinski definition) is 5. The van der Waals surface area contributed by atoms with E-state index in [1.807, 2.05) is 0 Å². The van der Waals surface area contributed by atoms with Crippen LogP contribution in [0.1, 0.15) is 15.9 Å². The number of aryl methyl sites for hydroxylation is 1. The molecule has 0 bridgehead atoms. The number of esters is 1. The van der Waals surface area contributed by atoms with E-state index in [-0.39, 0.29) is 12.2 Å². The number of benzene rings is 1. The van der Waals surface area contributed by atoms with Crippen LogP contribution in [0.15, 0.2) is 12.1 Å². The Bertz CT molecular complexity index is 514. The van der Waals surface area contributed by atoms with E-state index in [1.165, 1.54) is 12.1 Å². The van der Waals surface area contributed by atoms with Crippen molar-refractivity contribution in [2.24, 2.45) is 0 Å². The molecule has 1 fully saturated rings. The molecule has 0 atom stereocenters. The Kier molecular flexibility index (Phi) is 5.14. The molecule has 0 spiro atoms. The van der Waals surface area contributed by atoms with Crippen molar-refractivity contribution in [3.8, 4) is 0 Å². The van der Waals surface area contributed by atoms with E-state index in [4.69, 9.17) is 10.5 Å². The molecule has 1 saturated heterocycles. The Morgan fingerprint density at radius 3 is 2.67 bits per heavy atom. The summed E-state index contributed by atoms with van der Waals surface area (Å²) in [6, 6.07) is 2.82. The molecule has 1 aromatic rings. The van der Waals surface area contributed by atoms with Gasteiger partial charge in [0.05, 0.1) is 5.56 Å². The molecule has 0 unspecified atom stereocenters. The van der Waals surface area contributed by atoms with Gasteiger partial charge >= 0.3 is 5.97 Å². The van der Waals surface area contributed by atoms with E-state index in [2.05, 4.69) is 16.8 Å². The lowest BCUT2D eigenvalue weighted by Crippen LogP contribution is -2.45. The fourth-order valence-electron chi connectivity index (χ4n) is 2.36. The molecule has 0 saturated carbocycles. The highest BCUT2D eigenvalue weighted by atomic mass is 19.1. The van der Waals surface area contributed by atoms with Crippen molar-refractivity contribution >= 4 is 11.7 Å². The van der Waals surface area contributed by atoms with Crippen LogP contribution in [-0.2, 0) is 4.74 Å². The van der Waals surface area contributed by atoms with E-state index in [0.29, 0.717) is 17.8 Å². The summed E-state index contributed by atoms with van der Waals surface area (Å²) in [6.45, 7) is 6.44. The zero-order chi connectivity index (χ0) is 15.4. The lowest BCUT2D eigenvalue weighted by Gasteiger charge is -2.32. The third-order valence-corrected chi connectivity index (χ3v) is 3.73. The highest BCUT2D eigenvalue weighted by molar-refractivity contribution is 5.91. The highest BCUT2D eigenvalue weighted by Gasteiger charge is 2.17. The Balaban J connectivity index is 1.85. The molecule has 5 nitrogen and oxygen atoms in total. The molecule has 0 amide bonds. The van der Waals surface area contributed by atoms with Crippen molar-refractivity contribution in [3.63, 3.8) is 0 Å². The van der Waals surface area contributed by atoms with Crippen LogP contribution >= 0.6 is 0 Å². The Morgan fingerprint density at radius 1 is 1.33 bits per heavy atom. The summed E-state index contributed by atoms with van der Waals surface area (Å²) < 4.78 is 19.0. The lowest BCUT2D eigenvalue weighted by atomic mass is 10.1. The normalized spacial score (nSPS) is 16.9. The maximum absolute atomic E-state index is 13.9. The van der Waals surface area contributed by atoms with Crippen LogP contribution in [-0.4, -0.2) is 62.1 Å². The minimum atomic E-state index is -0.656. The van der Waals surface area contributed by atoms with Crippen LogP contribution in [0.2, 0.25) is 0 Å². The van der Waals surface area contributed by atoms with Crippen molar-refractivity contribution in [1.82, 2.24) is 9.80 Å². The minimum Gasteiger partial charge on any atom is -0.461 e. The van der Waals surface area contributed by atoms with Gasteiger partial charge in [0, 0.05) is 38.4 Å². The quantitative estimate of drug-likeness (QED) is 0.666. The number of piperazine rings is 1. The fraction of sp³-hybridized carbons (Fsp3) is 0.533. The van der Waals surface area contributed by atoms with Gasteiger partial charge in [-0.25, -0.2) is 9.18 Å². The molecular weight excluding hydrogens is 273 g/mol. The number of nitrogen functional groups attached to an aromatic ring is 1. The number of carbonyl (C=O) groups is 1. The first-order valence-corrected chi connectivity index (χ1v) is 7.11. The monoisotopic (exact) mass is 295 g/mol. The Hall–Kier alpha value is -1.66. The molecular formula is C15H22FN3O2. The third-order valence-electron chi connectivity index (χ3n) is 3.73. The number of carbonyl (C=O) groups excluding carboxylic acids is 1. The van der Waals surface area contributed by atoms with Gasteiger partial charge in [-0.05, 0) is 31.7 Å². The van der Waals surface area contributed by atoms with Crippen LogP contribution < -0.4 is 5.73 Å². The predicted octanol–water partition coefficient (Wildman–Crippen LogP) is 1.12. The average Bonchev–Trinajstić information content (AvgIpc) is 2.44. The molecule has 2 rings (SSSR count). The summed E-state index contributed by atoms with van der Waals surface area (Å²) in [5.41, 5.74) is 6.25. The van der Waals surface area contributed by atoms with Gasteiger partial charge < -0.3 is 15.4 Å². The third kappa shape index (κ3) is 4.15. The molecule has 2 N–H and O–H groups in total. The second-order valence-electron chi connectivity index (χ2n) is 5.48. The zero-order valence-corrected chi connectivity index (χ0v) is 12.6. The molecule has 116 valence electrons. The number of hydrogen-bond donors (Lipinski definition) is 1. The zero-order valence-electron chi connectivity index (χ0n) is 12.6. The van der Waals surface area contributed by atoms with Gasteiger partial charge in [0.2, 0.25) is 0 Å². The molecule has 0 radical (unpaired) electrons. The number of ether oxygens (including phenoxy) is 1. The van der Waals surface area contributed by atoms with Crippen LogP contribution in [0, 0.1) is 12.7 Å². The van der Waals surface area contributed by atoms with Crippen molar-refractivity contribution in [2.45, 2.75) is 6.92 Å². The first-order valence-electron chi connectivity index (χ1n) is 7.11. The van der Waals surface area contributed by atoms with E-state index >= 15 is 0 Å². The Labute approximate surface area is 124 Å². The van der Waals surface area contributed by atoms with Gasteiger partial charge in [0.1, 0.15) is 12.4 Å². The molecule has 1 aromatic carbocycles. The summed E-state index contributed by atoms with van der Waals surface area (Å²) in [5, 5.41) is 0. The van der Waals surface area contributed by atoms with Crippen molar-refractivity contribution < 1.29 is 13.9 Å². The van der Waals surface area contributed by atoms with E-state index < -0.39 is 11.8 Å². The van der Waals surface area contributed by atoms with Gasteiger partial charge in [-0.1, -0.05) is 0 Å². The maximum Gasteiger partial charge on any atom is 0.341 e. The first-order chi connectivity index (χ1) is 9.97. The van der Waals surface area contributed by atoms with Gasteiger partial charge in [-0.3, -0.25) is 4.90 Å². The Morgan fingerprint density at radius 2 is 2.00 bits per heavy atom. The molecule has 21 heavy (non-hydrogen) atoms. The minimum absolute atomic E-state index is 0.0918. The lowest BCUT2D eigenvalue weighted by molar-refractivity contribution is 0.0427. The molecule has 1 aliphatic heterocycles. The summed E-state index contributed by atoms with van der Waals surface area (Å²) >= 11 is 0. The average molecular weight is 295 g/mol. The fourth-order valence-corrected chi connectivity index (χ4v) is 2.36. The van der Waals surface area contributed by atoms with Crippen LogP contribution in [0.25, 0.3) is 0 Å². The first kappa shape index (κ1) is 15.7. The molecule has 1 heterocycles. The van der Waals surface area contributed by atoms with Gasteiger partial charge in [-0.15, -0.1) is 0 Å². The van der Waals surface area contributed by atoms with Crippen molar-refractivity contribution in [2.75, 3.05) is 52.1 Å². The van der Waals surface area contributed by atoms with Gasteiger partial charge in [0.25, 0.3) is 0 Å². The number of nitrogens with zero attached hydrogens (tertiary/aromatic N) is 2. The second kappa shape index (κ2) is 6.87. The smallest absolute Gasteiger partial charge is 0.341 e. The van der Waals surface area contributed by atoms with Gasteiger partial charge in [-0.2, -0.15) is 0 Å². The topological polar surface area (TPSA) is 58.8 Å². The number of likely N-dealkylation sites (N-methyl/N-ethyl adjacent to an activating group) is 1. The highest BCUT2D eigenvalue weighted by Crippen LogP contribution is 2.18. The standard InChI is InChI=1S/C15H22FN3O2/c1-11-9-12(17)10-13(14(11)16)15(20)21-8-7-19-5-3-18(2)4-6-19/h9-10H,3-8,17H2,1-2H3. The molecule has 0 aliphatic carbocycles. The van der Waals surface area contributed by atoms with E-state index in [9.17, 15) is 9.18 Å². The number of halogens is 1. The predicted molar refractivity (Wildman–Crippen MR) is 79.8 cm³/mol. The van der Waals surface area contributed by atoms with Crippen LogP contribution in [0.5, 0.6) is 0 Å². The summed E-state index contributed by atoms with van der Waals surface area (Å²) in [6.07, 6.45) is 0. The number of rotatable bonds is 4. The van der Waals surface area contributed by atoms with Gasteiger partial charge in [0.15, 0.2) is 0 Å². The number of anilines is 1. The van der Waals surface area contributed by atoms with Crippen molar-refractivity contribution in [3.05, 3.63) is 29.1 Å². The molecule has 6 heteroatoms. The molecule has 1 aliphatic rings. The summed E-state index contributed by atoms with van der Waals surface area (Å²) in [5.74, 6) is -1.22. The number of nitrogens with two attached hydrogens (primary N) is 1. The van der Waals surface area contributed by atoms with Crippen molar-refractivity contribution in [1.29, 1.82) is 0 Å². The molecule has 0 aromatic heterocycles. The summed E-state index contributed by atoms with van der Waals surface area (Å²) in [4.78, 5) is 16.4. The summed E-state index contributed by atoms with van der Waals surface area (Å²) in [7, 11) is 2.09. The van der Waals surface area contributed by atoms with Crippen LogP contribution in [0.3, 0.4) is 0 Å². The second-order valence-corrected chi connectivity index (χ2v) is 5.48. The largest absolute Gasteiger partial charge is 0.461 e. The van der Waals surface area contributed by atoms with E-state index in [1.54, 1.807) is 6.92 Å². The SMILES string of the molecule is Cc1cc(N)cc(C(=O)OCCN2CCN(C)CC2)c1F. The van der Waals surface area contributed by atoms with Crippen LogP contribution in [0.4, 0.5) is 10.1 Å². The van der Waals surface area contributed by atoms with E-state index in [0.717, 1.165) is 26.2 Å².